The molecule has 0 saturated heterocycles. The maximum Gasteiger partial charge on any atom is 0.272 e. The Labute approximate surface area is 229 Å². The highest BCUT2D eigenvalue weighted by Gasteiger charge is 2.17. The van der Waals surface area contributed by atoms with Crippen LogP contribution in [0, 0.1) is 5.82 Å². The quantitative estimate of drug-likeness (QED) is 0.185. The predicted octanol–water partition coefficient (Wildman–Crippen LogP) is 5.75. The molecule has 4 aromatic rings. The number of thioether (sulfide) groups is 1. The number of nitrogens with zero attached hydrogens (tertiary/aromatic N) is 1. The van der Waals surface area contributed by atoms with Crippen molar-refractivity contribution in [1.82, 2.24) is 10.3 Å². The number of rotatable bonds is 9. The number of carbonyl (C=O) groups excluding carboxylic acids is 3. The number of hydrogen-bond donors (Lipinski definition) is 3. The van der Waals surface area contributed by atoms with E-state index >= 15 is 0 Å². The lowest BCUT2D eigenvalue weighted by molar-refractivity contribution is -0.115. The van der Waals surface area contributed by atoms with Crippen molar-refractivity contribution in [2.75, 3.05) is 10.6 Å². The maximum atomic E-state index is 14.3. The lowest BCUT2D eigenvalue weighted by Gasteiger charge is -2.13. The molecule has 0 bridgehead atoms. The summed E-state index contributed by atoms with van der Waals surface area (Å²) < 4.78 is 14.3. The van der Waals surface area contributed by atoms with Crippen LogP contribution in [0.25, 0.3) is 6.08 Å². The largest absolute Gasteiger partial charge is 0.325 e. The fourth-order valence-electron chi connectivity index (χ4n) is 3.44. The van der Waals surface area contributed by atoms with Gasteiger partial charge in [0.1, 0.15) is 11.5 Å². The second kappa shape index (κ2) is 13.2. The van der Waals surface area contributed by atoms with Gasteiger partial charge in [-0.1, -0.05) is 36.4 Å². The van der Waals surface area contributed by atoms with Crippen LogP contribution in [0.1, 0.15) is 22.8 Å². The summed E-state index contributed by atoms with van der Waals surface area (Å²) in [5, 5.41) is 7.79. The second-order valence-corrected chi connectivity index (χ2v) is 9.78. The Morgan fingerprint density at radius 1 is 0.821 bits per heavy atom. The summed E-state index contributed by atoms with van der Waals surface area (Å²) in [4.78, 5) is 43.1. The van der Waals surface area contributed by atoms with E-state index < -0.39 is 17.6 Å². The van der Waals surface area contributed by atoms with Crippen LogP contribution in [0.3, 0.4) is 0 Å². The van der Waals surface area contributed by atoms with Crippen molar-refractivity contribution in [3.63, 3.8) is 0 Å². The van der Waals surface area contributed by atoms with Crippen LogP contribution in [0.2, 0.25) is 0 Å². The Morgan fingerprint density at radius 2 is 1.46 bits per heavy atom. The monoisotopic (exact) mass is 540 g/mol. The number of halogens is 1. The van der Waals surface area contributed by atoms with Crippen LogP contribution in [0.4, 0.5) is 15.8 Å². The fourth-order valence-corrected chi connectivity index (χ4v) is 4.31. The average molecular weight is 541 g/mol. The van der Waals surface area contributed by atoms with Gasteiger partial charge >= 0.3 is 0 Å². The fraction of sp³-hybridized carbons (Fsp3) is 0.0667. The number of nitrogens with one attached hydrogen (secondary N) is 3. The van der Waals surface area contributed by atoms with Gasteiger partial charge in [-0.15, -0.1) is 11.8 Å². The predicted molar refractivity (Wildman–Crippen MR) is 152 cm³/mol. The lowest BCUT2D eigenvalue weighted by atomic mass is 10.1. The standard InChI is InChI=1S/C30H25FN4O3S/c1-20(28(36)33-24-15-17-32-18-16-24)39-25-13-11-23(12-14-25)34-30(38)27(19-22-9-5-6-10-26(22)31)35-29(37)21-7-3-2-4-8-21/h2-20H,1H3,(H,34,38)(H,35,37)(H,32,33,36)/b27-19-. The highest BCUT2D eigenvalue weighted by Crippen LogP contribution is 2.26. The number of hydrogen-bond acceptors (Lipinski definition) is 5. The molecule has 7 nitrogen and oxygen atoms in total. The summed E-state index contributed by atoms with van der Waals surface area (Å²) in [6.45, 7) is 1.80. The Morgan fingerprint density at radius 3 is 2.15 bits per heavy atom. The molecule has 1 heterocycles. The smallest absolute Gasteiger partial charge is 0.272 e. The Balaban J connectivity index is 1.44. The molecule has 1 atom stereocenters. The van der Waals surface area contributed by atoms with Crippen molar-refractivity contribution in [2.45, 2.75) is 17.1 Å². The molecule has 0 saturated carbocycles. The van der Waals surface area contributed by atoms with E-state index in [0.717, 1.165) is 4.90 Å². The topological polar surface area (TPSA) is 100 Å². The summed E-state index contributed by atoms with van der Waals surface area (Å²) in [6, 6.07) is 24.7. The first-order valence-electron chi connectivity index (χ1n) is 12.0. The Hall–Kier alpha value is -4.76. The molecule has 0 aliphatic rings. The second-order valence-electron chi connectivity index (χ2n) is 8.36. The first kappa shape index (κ1) is 27.3. The highest BCUT2D eigenvalue weighted by molar-refractivity contribution is 8.00. The number of pyridine rings is 1. The molecular weight excluding hydrogens is 515 g/mol. The third-order valence-electron chi connectivity index (χ3n) is 5.48. The molecule has 1 aromatic heterocycles. The van der Waals surface area contributed by atoms with E-state index in [-0.39, 0.29) is 22.4 Å². The summed E-state index contributed by atoms with van der Waals surface area (Å²) in [5.74, 6) is -1.80. The molecule has 0 spiro atoms. The molecule has 9 heteroatoms. The number of carbonyl (C=O) groups is 3. The molecule has 4 rings (SSSR count). The maximum absolute atomic E-state index is 14.3. The Bertz CT molecular complexity index is 1480. The van der Waals surface area contributed by atoms with E-state index in [0.29, 0.717) is 16.9 Å². The summed E-state index contributed by atoms with van der Waals surface area (Å²) in [7, 11) is 0. The molecule has 0 aliphatic heterocycles. The molecule has 39 heavy (non-hydrogen) atoms. The average Bonchev–Trinajstić information content (AvgIpc) is 2.95. The minimum absolute atomic E-state index is 0.117. The van der Waals surface area contributed by atoms with E-state index in [1.165, 1.54) is 36.0 Å². The van der Waals surface area contributed by atoms with E-state index in [4.69, 9.17) is 0 Å². The molecule has 3 amide bonds. The minimum Gasteiger partial charge on any atom is -0.325 e. The molecule has 3 aromatic carbocycles. The van der Waals surface area contributed by atoms with Crippen LogP contribution in [0.15, 0.2) is 114 Å². The van der Waals surface area contributed by atoms with Crippen LogP contribution in [0.5, 0.6) is 0 Å². The van der Waals surface area contributed by atoms with Gasteiger partial charge in [-0.2, -0.15) is 0 Å². The molecular formula is C30H25FN4O3S. The van der Waals surface area contributed by atoms with Crippen molar-refractivity contribution in [2.24, 2.45) is 0 Å². The van der Waals surface area contributed by atoms with Crippen molar-refractivity contribution in [1.29, 1.82) is 0 Å². The van der Waals surface area contributed by atoms with E-state index in [9.17, 15) is 18.8 Å². The van der Waals surface area contributed by atoms with Gasteiger partial charge in [0.15, 0.2) is 0 Å². The summed E-state index contributed by atoms with van der Waals surface area (Å²) >= 11 is 1.36. The van der Waals surface area contributed by atoms with Crippen LogP contribution < -0.4 is 16.0 Å². The number of amides is 3. The molecule has 1 unspecified atom stereocenters. The van der Waals surface area contributed by atoms with E-state index in [1.807, 2.05) is 0 Å². The van der Waals surface area contributed by atoms with Gasteiger partial charge < -0.3 is 16.0 Å². The minimum atomic E-state index is -0.618. The lowest BCUT2D eigenvalue weighted by Crippen LogP contribution is -2.30. The van der Waals surface area contributed by atoms with Crippen molar-refractivity contribution in [3.8, 4) is 0 Å². The number of aromatic nitrogens is 1. The number of benzene rings is 3. The highest BCUT2D eigenvalue weighted by atomic mass is 32.2. The third-order valence-corrected chi connectivity index (χ3v) is 6.59. The molecule has 196 valence electrons. The van der Waals surface area contributed by atoms with Gasteiger partial charge in [0.05, 0.1) is 5.25 Å². The first-order chi connectivity index (χ1) is 18.9. The van der Waals surface area contributed by atoms with Gasteiger partial charge in [-0.25, -0.2) is 4.39 Å². The SMILES string of the molecule is CC(Sc1ccc(NC(=O)/C(=C/c2ccccc2F)NC(=O)c2ccccc2)cc1)C(=O)Nc1ccncc1. The van der Waals surface area contributed by atoms with Crippen LogP contribution >= 0.6 is 11.8 Å². The zero-order valence-electron chi connectivity index (χ0n) is 20.9. The normalized spacial score (nSPS) is 11.8. The Kier molecular flexibility index (Phi) is 9.20. The number of anilines is 2. The third kappa shape index (κ3) is 7.86. The van der Waals surface area contributed by atoms with E-state index in [1.54, 1.807) is 92.1 Å². The molecule has 0 radical (unpaired) electrons. The van der Waals surface area contributed by atoms with Gasteiger partial charge in [-0.3, -0.25) is 19.4 Å². The molecule has 0 fully saturated rings. The summed E-state index contributed by atoms with van der Waals surface area (Å²) in [5.41, 5.74) is 1.52. The van der Waals surface area contributed by atoms with Crippen molar-refractivity contribution < 1.29 is 18.8 Å². The zero-order chi connectivity index (χ0) is 27.6. The van der Waals surface area contributed by atoms with Crippen LogP contribution in [-0.2, 0) is 9.59 Å². The van der Waals surface area contributed by atoms with Crippen LogP contribution in [-0.4, -0.2) is 28.0 Å². The van der Waals surface area contributed by atoms with Gasteiger partial charge in [0, 0.05) is 39.8 Å². The molecule has 3 N–H and O–H groups in total. The van der Waals surface area contributed by atoms with Gasteiger partial charge in [0.2, 0.25) is 5.91 Å². The van der Waals surface area contributed by atoms with Gasteiger partial charge in [-0.05, 0) is 67.6 Å². The zero-order valence-corrected chi connectivity index (χ0v) is 21.7. The summed E-state index contributed by atoms with van der Waals surface area (Å²) in [6.07, 6.45) is 4.49. The van der Waals surface area contributed by atoms with E-state index in [2.05, 4.69) is 20.9 Å². The van der Waals surface area contributed by atoms with Crippen molar-refractivity contribution >= 4 is 46.9 Å². The first-order valence-corrected chi connectivity index (χ1v) is 12.9. The van der Waals surface area contributed by atoms with Crippen molar-refractivity contribution in [3.05, 3.63) is 126 Å². The molecule has 0 aliphatic carbocycles. The van der Waals surface area contributed by atoms with Gasteiger partial charge in [0.25, 0.3) is 11.8 Å².